The standard InChI is InChI=1S/C21H32NSi/c1-8-17(9-2)19-14-20(18-13-11-10-12-16(18)3)22(4)15-21(19)23(5,6)7/h10-15,17H,8-9H2,1-7H3/q+1. The number of rotatable bonds is 5. The van der Waals surface area contributed by atoms with E-state index in [9.17, 15) is 0 Å². The van der Waals surface area contributed by atoms with E-state index in [1.165, 1.54) is 29.7 Å². The van der Waals surface area contributed by atoms with Gasteiger partial charge in [-0.05, 0) is 42.9 Å². The molecule has 0 fully saturated rings. The molecule has 0 bridgehead atoms. The van der Waals surface area contributed by atoms with E-state index in [0.29, 0.717) is 5.92 Å². The first-order valence-electron chi connectivity index (χ1n) is 8.89. The van der Waals surface area contributed by atoms with Crippen LogP contribution in [-0.2, 0) is 7.05 Å². The van der Waals surface area contributed by atoms with E-state index in [1.807, 2.05) is 0 Å². The van der Waals surface area contributed by atoms with Gasteiger partial charge in [-0.25, -0.2) is 4.57 Å². The van der Waals surface area contributed by atoms with Crippen LogP contribution in [0.5, 0.6) is 0 Å². The lowest BCUT2D eigenvalue weighted by Crippen LogP contribution is -2.47. The number of pyridine rings is 1. The summed E-state index contributed by atoms with van der Waals surface area (Å²) < 4.78 is 2.34. The SMILES string of the molecule is CCC(CC)c1cc(-c2ccccc2C)[n+](C)cc1[Si](C)(C)C. The fraction of sp³-hybridized carbons (Fsp3) is 0.476. The van der Waals surface area contributed by atoms with Crippen molar-refractivity contribution in [2.75, 3.05) is 0 Å². The largest absolute Gasteiger partial charge is 0.212 e. The lowest BCUT2D eigenvalue weighted by molar-refractivity contribution is -0.659. The molecule has 0 saturated heterocycles. The zero-order chi connectivity index (χ0) is 17.2. The van der Waals surface area contributed by atoms with E-state index >= 15 is 0 Å². The average molecular weight is 327 g/mol. The second-order valence-electron chi connectivity index (χ2n) is 7.72. The van der Waals surface area contributed by atoms with Gasteiger partial charge in [-0.15, -0.1) is 0 Å². The van der Waals surface area contributed by atoms with Crippen LogP contribution in [0.25, 0.3) is 11.3 Å². The molecule has 23 heavy (non-hydrogen) atoms. The van der Waals surface area contributed by atoms with E-state index in [0.717, 1.165) is 0 Å². The Morgan fingerprint density at radius 3 is 2.17 bits per heavy atom. The van der Waals surface area contributed by atoms with Gasteiger partial charge in [0.15, 0.2) is 6.20 Å². The highest BCUT2D eigenvalue weighted by molar-refractivity contribution is 6.89. The second kappa shape index (κ2) is 7.00. The summed E-state index contributed by atoms with van der Waals surface area (Å²) in [5, 5.41) is 1.62. The summed E-state index contributed by atoms with van der Waals surface area (Å²) in [5.41, 5.74) is 5.63. The summed E-state index contributed by atoms with van der Waals surface area (Å²) in [6.45, 7) is 14.2. The molecule has 1 heterocycles. The van der Waals surface area contributed by atoms with Crippen LogP contribution in [-0.4, -0.2) is 8.07 Å². The van der Waals surface area contributed by atoms with Gasteiger partial charge in [0.1, 0.15) is 7.05 Å². The number of nitrogens with zero attached hydrogens (tertiary/aromatic N) is 1. The molecule has 0 atom stereocenters. The highest BCUT2D eigenvalue weighted by atomic mass is 28.3. The normalized spacial score (nSPS) is 12.0. The third kappa shape index (κ3) is 3.74. The fourth-order valence-corrected chi connectivity index (χ4v) is 5.21. The minimum Gasteiger partial charge on any atom is -0.201 e. The monoisotopic (exact) mass is 326 g/mol. The molecule has 0 radical (unpaired) electrons. The number of benzene rings is 1. The lowest BCUT2D eigenvalue weighted by atomic mass is 9.92. The van der Waals surface area contributed by atoms with Crippen molar-refractivity contribution in [2.45, 2.75) is 59.2 Å². The Balaban J connectivity index is 2.72. The summed E-state index contributed by atoms with van der Waals surface area (Å²) >= 11 is 0. The Hall–Kier alpha value is -1.41. The van der Waals surface area contributed by atoms with Crippen LogP contribution in [0.15, 0.2) is 36.5 Å². The van der Waals surface area contributed by atoms with Crippen molar-refractivity contribution >= 4 is 13.3 Å². The van der Waals surface area contributed by atoms with Crippen LogP contribution in [0.2, 0.25) is 19.6 Å². The van der Waals surface area contributed by atoms with Crippen molar-refractivity contribution < 1.29 is 4.57 Å². The van der Waals surface area contributed by atoms with Crippen LogP contribution < -0.4 is 9.75 Å². The van der Waals surface area contributed by atoms with Gasteiger partial charge in [0.25, 0.3) is 0 Å². The van der Waals surface area contributed by atoms with E-state index in [1.54, 1.807) is 10.8 Å². The first-order valence-corrected chi connectivity index (χ1v) is 12.4. The molecule has 0 unspecified atom stereocenters. The van der Waals surface area contributed by atoms with E-state index in [2.05, 4.69) is 88.6 Å². The van der Waals surface area contributed by atoms with Crippen LogP contribution >= 0.6 is 0 Å². The maximum atomic E-state index is 2.48. The van der Waals surface area contributed by atoms with Gasteiger partial charge in [0.2, 0.25) is 5.69 Å². The Morgan fingerprint density at radius 1 is 1.04 bits per heavy atom. The topological polar surface area (TPSA) is 3.88 Å². The quantitative estimate of drug-likeness (QED) is 0.541. The Morgan fingerprint density at radius 2 is 1.65 bits per heavy atom. The molecule has 0 spiro atoms. The molecule has 0 amide bonds. The van der Waals surface area contributed by atoms with Crippen molar-refractivity contribution in [1.82, 2.24) is 0 Å². The molecular weight excluding hydrogens is 294 g/mol. The summed E-state index contributed by atoms with van der Waals surface area (Å²) in [5.74, 6) is 0.667. The van der Waals surface area contributed by atoms with Crippen molar-refractivity contribution in [1.29, 1.82) is 0 Å². The lowest BCUT2D eigenvalue weighted by Gasteiger charge is -2.24. The molecule has 2 heteroatoms. The van der Waals surface area contributed by atoms with Crippen LogP contribution in [0.3, 0.4) is 0 Å². The Bertz CT molecular complexity index is 679. The maximum absolute atomic E-state index is 2.48. The first-order chi connectivity index (χ1) is 10.8. The second-order valence-corrected chi connectivity index (χ2v) is 12.8. The number of aryl methyl sites for hydroxylation is 2. The van der Waals surface area contributed by atoms with Crippen LogP contribution in [0, 0.1) is 6.92 Å². The summed E-state index contributed by atoms with van der Waals surface area (Å²) in [6, 6.07) is 11.2. The smallest absolute Gasteiger partial charge is 0.201 e. The number of hydrogen-bond donors (Lipinski definition) is 0. The highest BCUT2D eigenvalue weighted by Crippen LogP contribution is 2.27. The minimum atomic E-state index is -1.36. The summed E-state index contributed by atoms with van der Waals surface area (Å²) in [4.78, 5) is 0. The molecule has 0 saturated carbocycles. The third-order valence-corrected chi connectivity index (χ3v) is 6.99. The fourth-order valence-electron chi connectivity index (χ4n) is 3.49. The van der Waals surface area contributed by atoms with Crippen molar-refractivity contribution in [3.05, 3.63) is 47.7 Å². The van der Waals surface area contributed by atoms with E-state index in [-0.39, 0.29) is 0 Å². The molecule has 124 valence electrons. The predicted octanol–water partition coefficient (Wildman–Crippen LogP) is 4.94. The number of hydrogen-bond acceptors (Lipinski definition) is 0. The van der Waals surface area contributed by atoms with Gasteiger partial charge in [0, 0.05) is 16.8 Å². The Kier molecular flexibility index (Phi) is 5.46. The molecule has 1 nitrogen and oxygen atoms in total. The predicted molar refractivity (Wildman–Crippen MR) is 104 cm³/mol. The molecule has 0 N–H and O–H groups in total. The molecule has 0 aliphatic rings. The molecular formula is C21H32NSi+. The minimum absolute atomic E-state index is 0.667. The van der Waals surface area contributed by atoms with Gasteiger partial charge in [-0.1, -0.05) is 51.7 Å². The van der Waals surface area contributed by atoms with E-state index in [4.69, 9.17) is 0 Å². The molecule has 0 aliphatic carbocycles. The molecule has 1 aromatic carbocycles. The maximum Gasteiger partial charge on any atom is 0.212 e. The van der Waals surface area contributed by atoms with Crippen molar-refractivity contribution in [3.8, 4) is 11.3 Å². The van der Waals surface area contributed by atoms with Gasteiger partial charge < -0.3 is 0 Å². The van der Waals surface area contributed by atoms with Crippen molar-refractivity contribution in [3.63, 3.8) is 0 Å². The van der Waals surface area contributed by atoms with Crippen LogP contribution in [0.4, 0.5) is 0 Å². The zero-order valence-electron chi connectivity index (χ0n) is 15.9. The van der Waals surface area contributed by atoms with E-state index < -0.39 is 8.07 Å². The third-order valence-electron chi connectivity index (χ3n) is 4.96. The molecule has 1 aromatic heterocycles. The summed E-state index contributed by atoms with van der Waals surface area (Å²) in [6.07, 6.45) is 4.85. The average Bonchev–Trinajstić information content (AvgIpc) is 2.49. The first kappa shape index (κ1) is 17.9. The van der Waals surface area contributed by atoms with Gasteiger partial charge in [-0.2, -0.15) is 0 Å². The van der Waals surface area contributed by atoms with Crippen molar-refractivity contribution in [2.24, 2.45) is 7.05 Å². The zero-order valence-corrected chi connectivity index (χ0v) is 16.9. The molecule has 2 aromatic rings. The van der Waals surface area contributed by atoms with Gasteiger partial charge in [0.05, 0.1) is 8.07 Å². The van der Waals surface area contributed by atoms with Gasteiger partial charge in [-0.3, -0.25) is 0 Å². The Labute approximate surface area is 143 Å². The molecule has 2 rings (SSSR count). The van der Waals surface area contributed by atoms with Crippen LogP contribution in [0.1, 0.15) is 43.7 Å². The highest BCUT2D eigenvalue weighted by Gasteiger charge is 2.28. The number of aromatic nitrogens is 1. The molecule has 0 aliphatic heterocycles. The summed E-state index contributed by atoms with van der Waals surface area (Å²) in [7, 11) is 0.834. The van der Waals surface area contributed by atoms with Gasteiger partial charge >= 0.3 is 0 Å².